The molecule has 1 aliphatic rings. The van der Waals surface area contributed by atoms with Crippen molar-refractivity contribution in [3.8, 4) is 0 Å². The molecular formula is C19H31NO. The molecule has 0 saturated carbocycles. The molecule has 2 unspecified atom stereocenters. The van der Waals surface area contributed by atoms with Crippen molar-refractivity contribution in [2.45, 2.75) is 71.9 Å². The fourth-order valence-corrected chi connectivity index (χ4v) is 3.84. The molecule has 0 bridgehead atoms. The topological polar surface area (TPSA) is 23.5 Å². The monoisotopic (exact) mass is 289 g/mol. The SMILES string of the molecule is CCC(C)(C(O)Cc1c(C)cc(C)cc1C)N1CCCC1. The van der Waals surface area contributed by atoms with E-state index in [1.165, 1.54) is 35.1 Å². The van der Waals surface area contributed by atoms with E-state index in [0.29, 0.717) is 0 Å². The normalized spacial score (nSPS) is 20.5. The Hall–Kier alpha value is -0.860. The fraction of sp³-hybridized carbons (Fsp3) is 0.684. The van der Waals surface area contributed by atoms with E-state index in [-0.39, 0.29) is 11.6 Å². The third-order valence-corrected chi connectivity index (χ3v) is 5.50. The summed E-state index contributed by atoms with van der Waals surface area (Å²) in [5.41, 5.74) is 5.16. The van der Waals surface area contributed by atoms with E-state index in [4.69, 9.17) is 0 Å². The van der Waals surface area contributed by atoms with Crippen molar-refractivity contribution in [2.24, 2.45) is 0 Å². The first-order valence-electron chi connectivity index (χ1n) is 8.38. The van der Waals surface area contributed by atoms with Crippen molar-refractivity contribution < 1.29 is 5.11 Å². The van der Waals surface area contributed by atoms with Crippen LogP contribution in [0.2, 0.25) is 0 Å². The third kappa shape index (κ3) is 3.32. The lowest BCUT2D eigenvalue weighted by molar-refractivity contribution is -0.0118. The zero-order chi connectivity index (χ0) is 15.6. The smallest absolute Gasteiger partial charge is 0.0761 e. The Morgan fingerprint density at radius 3 is 2.14 bits per heavy atom. The molecule has 1 aromatic rings. The lowest BCUT2D eigenvalue weighted by Crippen LogP contribution is -2.54. The number of benzene rings is 1. The Kier molecular flexibility index (Phi) is 5.11. The van der Waals surface area contributed by atoms with Crippen LogP contribution < -0.4 is 0 Å². The number of aliphatic hydroxyl groups excluding tert-OH is 1. The molecule has 1 fully saturated rings. The molecule has 0 radical (unpaired) electrons. The van der Waals surface area contributed by atoms with Gasteiger partial charge in [0, 0.05) is 12.0 Å². The molecule has 1 aliphatic heterocycles. The molecule has 2 atom stereocenters. The summed E-state index contributed by atoms with van der Waals surface area (Å²) in [5, 5.41) is 11.0. The maximum Gasteiger partial charge on any atom is 0.0761 e. The van der Waals surface area contributed by atoms with Gasteiger partial charge >= 0.3 is 0 Å². The van der Waals surface area contributed by atoms with E-state index in [1.807, 2.05) is 0 Å². The molecule has 1 aromatic carbocycles. The van der Waals surface area contributed by atoms with Gasteiger partial charge in [-0.05, 0) is 76.7 Å². The average molecular weight is 289 g/mol. The maximum atomic E-state index is 11.0. The Morgan fingerprint density at radius 1 is 1.14 bits per heavy atom. The number of hydrogen-bond donors (Lipinski definition) is 1. The van der Waals surface area contributed by atoms with Crippen LogP contribution in [0.1, 0.15) is 55.4 Å². The van der Waals surface area contributed by atoms with Crippen LogP contribution in [-0.4, -0.2) is 34.7 Å². The molecule has 1 heterocycles. The Morgan fingerprint density at radius 2 is 1.67 bits per heavy atom. The van der Waals surface area contributed by atoms with Gasteiger partial charge in [-0.15, -0.1) is 0 Å². The molecule has 2 nitrogen and oxygen atoms in total. The summed E-state index contributed by atoms with van der Waals surface area (Å²) in [6, 6.07) is 4.46. The molecule has 0 spiro atoms. The van der Waals surface area contributed by atoms with Crippen LogP contribution in [-0.2, 0) is 6.42 Å². The molecular weight excluding hydrogens is 258 g/mol. The van der Waals surface area contributed by atoms with Crippen LogP contribution in [0.4, 0.5) is 0 Å². The highest BCUT2D eigenvalue weighted by atomic mass is 16.3. The first kappa shape index (κ1) is 16.5. The number of aryl methyl sites for hydroxylation is 3. The highest BCUT2D eigenvalue weighted by Gasteiger charge is 2.38. The lowest BCUT2D eigenvalue weighted by atomic mass is 9.83. The molecule has 118 valence electrons. The summed E-state index contributed by atoms with van der Waals surface area (Å²) in [7, 11) is 0. The summed E-state index contributed by atoms with van der Waals surface area (Å²) in [6.07, 6.45) is 3.99. The molecule has 2 rings (SSSR count). The summed E-state index contributed by atoms with van der Waals surface area (Å²) in [6.45, 7) is 13.2. The van der Waals surface area contributed by atoms with Gasteiger partial charge in [0.05, 0.1) is 6.10 Å². The van der Waals surface area contributed by atoms with Gasteiger partial charge in [-0.25, -0.2) is 0 Å². The fourth-order valence-electron chi connectivity index (χ4n) is 3.84. The third-order valence-electron chi connectivity index (χ3n) is 5.50. The van der Waals surface area contributed by atoms with E-state index in [1.54, 1.807) is 0 Å². The standard InChI is InChI=1S/C19H31NO/c1-6-19(5,20-9-7-8-10-20)18(21)13-17-15(3)11-14(2)12-16(17)4/h11-12,18,21H,6-10,13H2,1-5H3. The molecule has 2 heteroatoms. The molecule has 1 saturated heterocycles. The Balaban J connectivity index is 2.21. The van der Waals surface area contributed by atoms with E-state index < -0.39 is 0 Å². The van der Waals surface area contributed by atoms with Crippen molar-refractivity contribution >= 4 is 0 Å². The van der Waals surface area contributed by atoms with E-state index in [0.717, 1.165) is 25.9 Å². The Labute approximate surface area is 130 Å². The summed E-state index contributed by atoms with van der Waals surface area (Å²) >= 11 is 0. The highest BCUT2D eigenvalue weighted by molar-refractivity contribution is 5.38. The average Bonchev–Trinajstić information content (AvgIpc) is 2.96. The van der Waals surface area contributed by atoms with Crippen molar-refractivity contribution in [1.29, 1.82) is 0 Å². The van der Waals surface area contributed by atoms with Gasteiger partial charge in [0.15, 0.2) is 0 Å². The predicted octanol–water partition coefficient (Wildman–Crippen LogP) is 3.78. The molecule has 0 aromatic heterocycles. The highest BCUT2D eigenvalue weighted by Crippen LogP contribution is 2.31. The first-order chi connectivity index (χ1) is 9.88. The number of aliphatic hydroxyl groups is 1. The molecule has 1 N–H and O–H groups in total. The van der Waals surface area contributed by atoms with Crippen molar-refractivity contribution in [3.63, 3.8) is 0 Å². The van der Waals surface area contributed by atoms with Crippen LogP contribution in [0, 0.1) is 20.8 Å². The van der Waals surface area contributed by atoms with Crippen molar-refractivity contribution in [1.82, 2.24) is 4.90 Å². The largest absolute Gasteiger partial charge is 0.391 e. The Bertz CT molecular complexity index is 467. The lowest BCUT2D eigenvalue weighted by Gasteiger charge is -2.42. The summed E-state index contributed by atoms with van der Waals surface area (Å²) in [4.78, 5) is 2.50. The van der Waals surface area contributed by atoms with Gasteiger partial charge < -0.3 is 5.11 Å². The van der Waals surface area contributed by atoms with Gasteiger partial charge in [0.2, 0.25) is 0 Å². The van der Waals surface area contributed by atoms with E-state index in [9.17, 15) is 5.11 Å². The van der Waals surface area contributed by atoms with Gasteiger partial charge in [-0.1, -0.05) is 24.6 Å². The number of nitrogens with zero attached hydrogens (tertiary/aromatic N) is 1. The molecule has 0 amide bonds. The van der Waals surface area contributed by atoms with Gasteiger partial charge in [-0.2, -0.15) is 0 Å². The number of likely N-dealkylation sites (tertiary alicyclic amines) is 1. The number of rotatable bonds is 5. The molecule has 21 heavy (non-hydrogen) atoms. The van der Waals surface area contributed by atoms with Gasteiger partial charge in [0.1, 0.15) is 0 Å². The second kappa shape index (κ2) is 6.50. The predicted molar refractivity (Wildman–Crippen MR) is 89.9 cm³/mol. The van der Waals surface area contributed by atoms with Gasteiger partial charge in [0.25, 0.3) is 0 Å². The maximum absolute atomic E-state index is 11.0. The van der Waals surface area contributed by atoms with E-state index in [2.05, 4.69) is 51.7 Å². The minimum Gasteiger partial charge on any atom is -0.391 e. The quantitative estimate of drug-likeness (QED) is 0.891. The summed E-state index contributed by atoms with van der Waals surface area (Å²) in [5.74, 6) is 0. The van der Waals surface area contributed by atoms with Crippen molar-refractivity contribution in [3.05, 3.63) is 34.4 Å². The summed E-state index contributed by atoms with van der Waals surface area (Å²) < 4.78 is 0. The van der Waals surface area contributed by atoms with Crippen LogP contribution in [0.25, 0.3) is 0 Å². The second-order valence-corrected chi connectivity index (χ2v) is 7.00. The molecule has 0 aliphatic carbocycles. The van der Waals surface area contributed by atoms with Crippen LogP contribution in [0.15, 0.2) is 12.1 Å². The van der Waals surface area contributed by atoms with Crippen LogP contribution in [0.3, 0.4) is 0 Å². The van der Waals surface area contributed by atoms with Crippen LogP contribution in [0.5, 0.6) is 0 Å². The zero-order valence-corrected chi connectivity index (χ0v) is 14.4. The first-order valence-corrected chi connectivity index (χ1v) is 8.38. The van der Waals surface area contributed by atoms with Crippen LogP contribution >= 0.6 is 0 Å². The number of hydrogen-bond acceptors (Lipinski definition) is 2. The minimum atomic E-state index is -0.305. The second-order valence-electron chi connectivity index (χ2n) is 7.00. The zero-order valence-electron chi connectivity index (χ0n) is 14.4. The van der Waals surface area contributed by atoms with Gasteiger partial charge in [-0.3, -0.25) is 4.90 Å². The van der Waals surface area contributed by atoms with E-state index >= 15 is 0 Å². The van der Waals surface area contributed by atoms with Crippen molar-refractivity contribution in [2.75, 3.05) is 13.1 Å². The minimum absolute atomic E-state index is 0.0970.